The normalized spacial score (nSPS) is 13.5. The predicted octanol–water partition coefficient (Wildman–Crippen LogP) is 3.18. The Hall–Kier alpha value is -1.09. The second-order valence-electron chi connectivity index (χ2n) is 4.92. The monoisotopic (exact) mass is 236 g/mol. The smallest absolute Gasteiger partial charge is 0.142 e. The van der Waals surface area contributed by atoms with Gasteiger partial charge in [-0.1, -0.05) is 27.7 Å². The van der Waals surface area contributed by atoms with Crippen molar-refractivity contribution in [2.45, 2.75) is 40.2 Å². The number of hydrogen-bond donors (Lipinski definition) is 1. The van der Waals surface area contributed by atoms with E-state index in [4.69, 9.17) is 4.74 Å². The molecule has 0 spiro atoms. The average molecular weight is 236 g/mol. The van der Waals surface area contributed by atoms with Gasteiger partial charge in [0.25, 0.3) is 0 Å². The standard InChI is InChI=1S/C14H24N2O/c1-6-14(3,4)13(15-7-2)12-11(17-5)9-8-10-16-12/h8-10,13,15H,6-7H2,1-5H3. The fourth-order valence-corrected chi connectivity index (χ4v) is 1.94. The van der Waals surface area contributed by atoms with Crippen LogP contribution in [0.2, 0.25) is 0 Å². The topological polar surface area (TPSA) is 34.2 Å². The molecule has 0 aliphatic rings. The molecule has 0 bridgehead atoms. The van der Waals surface area contributed by atoms with Gasteiger partial charge in [0.15, 0.2) is 0 Å². The van der Waals surface area contributed by atoms with Crippen LogP contribution in [0.25, 0.3) is 0 Å². The molecule has 0 saturated carbocycles. The second-order valence-corrected chi connectivity index (χ2v) is 4.92. The third-order valence-electron chi connectivity index (χ3n) is 3.39. The first kappa shape index (κ1) is 14.0. The first-order valence-corrected chi connectivity index (χ1v) is 6.29. The summed E-state index contributed by atoms with van der Waals surface area (Å²) in [4.78, 5) is 4.50. The molecule has 0 aliphatic heterocycles. The third-order valence-corrected chi connectivity index (χ3v) is 3.39. The van der Waals surface area contributed by atoms with Gasteiger partial charge in [0, 0.05) is 6.20 Å². The van der Waals surface area contributed by atoms with Gasteiger partial charge in [0.1, 0.15) is 5.75 Å². The molecule has 3 heteroatoms. The van der Waals surface area contributed by atoms with Crippen LogP contribution in [0, 0.1) is 5.41 Å². The minimum Gasteiger partial charge on any atom is -0.495 e. The van der Waals surface area contributed by atoms with Gasteiger partial charge in [-0.05, 0) is 30.5 Å². The van der Waals surface area contributed by atoms with Gasteiger partial charge < -0.3 is 10.1 Å². The second kappa shape index (κ2) is 6.01. The Labute approximate surface area is 105 Å². The van der Waals surface area contributed by atoms with Crippen molar-refractivity contribution in [2.24, 2.45) is 5.41 Å². The Balaban J connectivity index is 3.13. The molecule has 96 valence electrons. The molecule has 1 aromatic rings. The Bertz CT molecular complexity index is 350. The number of pyridine rings is 1. The van der Waals surface area contributed by atoms with E-state index in [1.54, 1.807) is 7.11 Å². The fraction of sp³-hybridized carbons (Fsp3) is 0.643. The van der Waals surface area contributed by atoms with Crippen molar-refractivity contribution in [2.75, 3.05) is 13.7 Å². The molecule has 1 atom stereocenters. The summed E-state index contributed by atoms with van der Waals surface area (Å²) < 4.78 is 5.41. The number of nitrogens with one attached hydrogen (secondary N) is 1. The maximum atomic E-state index is 5.41. The maximum Gasteiger partial charge on any atom is 0.142 e. The van der Waals surface area contributed by atoms with Gasteiger partial charge in [-0.3, -0.25) is 4.98 Å². The van der Waals surface area contributed by atoms with E-state index in [9.17, 15) is 0 Å². The lowest BCUT2D eigenvalue weighted by Gasteiger charge is -2.34. The van der Waals surface area contributed by atoms with Gasteiger partial charge in [-0.25, -0.2) is 0 Å². The van der Waals surface area contributed by atoms with Gasteiger partial charge in [0.05, 0.1) is 18.8 Å². The van der Waals surface area contributed by atoms with Crippen LogP contribution < -0.4 is 10.1 Å². The van der Waals surface area contributed by atoms with E-state index in [2.05, 4.69) is 38.0 Å². The SMILES string of the molecule is CCNC(c1ncccc1OC)C(C)(C)CC. The third kappa shape index (κ3) is 3.19. The summed E-state index contributed by atoms with van der Waals surface area (Å²) in [7, 11) is 1.70. The van der Waals surface area contributed by atoms with Crippen molar-refractivity contribution in [1.29, 1.82) is 0 Å². The molecule has 0 fully saturated rings. The first-order valence-electron chi connectivity index (χ1n) is 6.29. The summed E-state index contributed by atoms with van der Waals surface area (Å²) in [5.41, 5.74) is 1.15. The number of methoxy groups -OCH3 is 1. The predicted molar refractivity (Wildman–Crippen MR) is 71.3 cm³/mol. The van der Waals surface area contributed by atoms with Crippen LogP contribution in [-0.4, -0.2) is 18.6 Å². The van der Waals surface area contributed by atoms with E-state index in [0.29, 0.717) is 0 Å². The summed E-state index contributed by atoms with van der Waals surface area (Å²) >= 11 is 0. The summed E-state index contributed by atoms with van der Waals surface area (Å²) in [6, 6.07) is 4.09. The largest absolute Gasteiger partial charge is 0.495 e. The van der Waals surface area contributed by atoms with Crippen LogP contribution in [0.5, 0.6) is 5.75 Å². The number of hydrogen-bond acceptors (Lipinski definition) is 3. The van der Waals surface area contributed by atoms with E-state index in [-0.39, 0.29) is 11.5 Å². The van der Waals surface area contributed by atoms with Crippen LogP contribution in [0.1, 0.15) is 45.9 Å². The van der Waals surface area contributed by atoms with E-state index < -0.39 is 0 Å². The summed E-state index contributed by atoms with van der Waals surface area (Å²) in [5.74, 6) is 0.861. The molecule has 0 aliphatic carbocycles. The Morgan fingerprint density at radius 3 is 2.65 bits per heavy atom. The van der Waals surface area contributed by atoms with Crippen molar-refractivity contribution in [3.05, 3.63) is 24.0 Å². The highest BCUT2D eigenvalue weighted by atomic mass is 16.5. The molecule has 1 N–H and O–H groups in total. The zero-order chi connectivity index (χ0) is 12.9. The zero-order valence-corrected chi connectivity index (χ0v) is 11.6. The van der Waals surface area contributed by atoms with E-state index in [0.717, 1.165) is 24.4 Å². The molecule has 1 rings (SSSR count). The lowest BCUT2D eigenvalue weighted by Crippen LogP contribution is -2.34. The van der Waals surface area contributed by atoms with E-state index >= 15 is 0 Å². The molecule has 17 heavy (non-hydrogen) atoms. The zero-order valence-electron chi connectivity index (χ0n) is 11.6. The summed E-state index contributed by atoms with van der Waals surface area (Å²) in [5, 5.41) is 3.52. The van der Waals surface area contributed by atoms with Gasteiger partial charge in [-0.2, -0.15) is 0 Å². The van der Waals surface area contributed by atoms with E-state index in [1.807, 2.05) is 18.3 Å². The Morgan fingerprint density at radius 2 is 2.12 bits per heavy atom. The average Bonchev–Trinajstić information content (AvgIpc) is 2.35. The van der Waals surface area contributed by atoms with Crippen molar-refractivity contribution >= 4 is 0 Å². The van der Waals surface area contributed by atoms with Crippen molar-refractivity contribution < 1.29 is 4.74 Å². The van der Waals surface area contributed by atoms with Crippen molar-refractivity contribution in [3.63, 3.8) is 0 Å². The molecular weight excluding hydrogens is 212 g/mol. The first-order chi connectivity index (χ1) is 8.06. The van der Waals surface area contributed by atoms with Gasteiger partial charge in [-0.15, -0.1) is 0 Å². The molecule has 1 heterocycles. The quantitative estimate of drug-likeness (QED) is 0.823. The minimum absolute atomic E-state index is 0.150. The molecule has 3 nitrogen and oxygen atoms in total. The van der Waals surface area contributed by atoms with Gasteiger partial charge >= 0.3 is 0 Å². The fourth-order valence-electron chi connectivity index (χ4n) is 1.94. The number of aromatic nitrogens is 1. The number of ether oxygens (including phenoxy) is 1. The van der Waals surface area contributed by atoms with Crippen LogP contribution in [-0.2, 0) is 0 Å². The molecule has 0 radical (unpaired) electrons. The van der Waals surface area contributed by atoms with Crippen LogP contribution in [0.4, 0.5) is 0 Å². The highest BCUT2D eigenvalue weighted by molar-refractivity contribution is 5.30. The van der Waals surface area contributed by atoms with Crippen LogP contribution in [0.3, 0.4) is 0 Å². The summed E-state index contributed by atoms with van der Waals surface area (Å²) in [6.45, 7) is 9.77. The number of rotatable bonds is 6. The van der Waals surface area contributed by atoms with Crippen molar-refractivity contribution in [3.8, 4) is 5.75 Å². The lowest BCUT2D eigenvalue weighted by atomic mass is 9.79. The summed E-state index contributed by atoms with van der Waals surface area (Å²) in [6.07, 6.45) is 2.92. The van der Waals surface area contributed by atoms with Crippen LogP contribution >= 0.6 is 0 Å². The molecule has 0 aromatic carbocycles. The lowest BCUT2D eigenvalue weighted by molar-refractivity contribution is 0.227. The molecule has 1 aromatic heterocycles. The highest BCUT2D eigenvalue weighted by Gasteiger charge is 2.31. The Kier molecular flexibility index (Phi) is 4.94. The van der Waals surface area contributed by atoms with Gasteiger partial charge in [0.2, 0.25) is 0 Å². The van der Waals surface area contributed by atoms with Crippen molar-refractivity contribution in [1.82, 2.24) is 10.3 Å². The molecule has 1 unspecified atom stereocenters. The van der Waals surface area contributed by atoms with Crippen LogP contribution in [0.15, 0.2) is 18.3 Å². The maximum absolute atomic E-state index is 5.41. The van der Waals surface area contributed by atoms with E-state index in [1.165, 1.54) is 0 Å². The Morgan fingerprint density at radius 1 is 1.41 bits per heavy atom. The molecule has 0 saturated heterocycles. The minimum atomic E-state index is 0.150. The number of nitrogens with zero attached hydrogens (tertiary/aromatic N) is 1. The molecular formula is C14H24N2O. The highest BCUT2D eigenvalue weighted by Crippen LogP contribution is 2.38. The molecule has 0 amide bonds.